The van der Waals surface area contributed by atoms with E-state index in [0.717, 1.165) is 37.4 Å². The van der Waals surface area contributed by atoms with Crippen LogP contribution in [0.15, 0.2) is 18.2 Å². The molecule has 2 N–H and O–H groups in total. The van der Waals surface area contributed by atoms with Crippen molar-refractivity contribution < 1.29 is 9.47 Å². The molecule has 0 aromatic heterocycles. The number of nitrogens with two attached hydrogens (primary N) is 1. The highest BCUT2D eigenvalue weighted by atomic mass is 16.5. The minimum Gasteiger partial charge on any atom is -0.497 e. The highest BCUT2D eigenvalue weighted by molar-refractivity contribution is 5.45. The molecule has 0 bridgehead atoms. The van der Waals surface area contributed by atoms with E-state index in [4.69, 9.17) is 15.2 Å². The van der Waals surface area contributed by atoms with Crippen LogP contribution in [-0.2, 0) is 11.3 Å². The van der Waals surface area contributed by atoms with Crippen LogP contribution in [0.25, 0.3) is 0 Å². The van der Waals surface area contributed by atoms with Gasteiger partial charge in [0.05, 0.1) is 19.8 Å². The van der Waals surface area contributed by atoms with Gasteiger partial charge in [0, 0.05) is 25.8 Å². The zero-order valence-electron chi connectivity index (χ0n) is 12.9. The molecule has 1 atom stereocenters. The fourth-order valence-corrected chi connectivity index (χ4v) is 2.69. The molecule has 1 aromatic carbocycles. The van der Waals surface area contributed by atoms with Crippen molar-refractivity contribution in [2.45, 2.75) is 25.5 Å². The fourth-order valence-electron chi connectivity index (χ4n) is 2.69. The number of nitrogens with zero attached hydrogens (tertiary/aromatic N) is 1. The van der Waals surface area contributed by atoms with Crippen molar-refractivity contribution in [1.82, 2.24) is 4.90 Å². The Morgan fingerprint density at radius 3 is 2.95 bits per heavy atom. The van der Waals surface area contributed by atoms with E-state index in [1.54, 1.807) is 14.2 Å². The first-order chi connectivity index (χ1) is 10.3. The van der Waals surface area contributed by atoms with Crippen LogP contribution in [0.3, 0.4) is 0 Å². The summed E-state index contributed by atoms with van der Waals surface area (Å²) in [5, 5.41) is 0. The molecule has 0 spiro atoms. The second kappa shape index (κ2) is 8.04. The van der Waals surface area contributed by atoms with E-state index in [9.17, 15) is 0 Å². The van der Waals surface area contributed by atoms with Crippen LogP contribution in [0.2, 0.25) is 0 Å². The molecular formula is C17H24N2O2. The zero-order valence-corrected chi connectivity index (χ0v) is 12.9. The Labute approximate surface area is 127 Å². The Morgan fingerprint density at radius 1 is 1.38 bits per heavy atom. The van der Waals surface area contributed by atoms with Crippen molar-refractivity contribution in [3.8, 4) is 17.6 Å². The van der Waals surface area contributed by atoms with Gasteiger partial charge in [-0.2, -0.15) is 0 Å². The Bertz CT molecular complexity index is 519. The Morgan fingerprint density at radius 2 is 2.24 bits per heavy atom. The lowest BCUT2D eigenvalue weighted by Crippen LogP contribution is -2.38. The van der Waals surface area contributed by atoms with Crippen molar-refractivity contribution >= 4 is 0 Å². The Balaban J connectivity index is 2.16. The molecule has 1 aliphatic rings. The summed E-state index contributed by atoms with van der Waals surface area (Å²) < 4.78 is 10.8. The first-order valence-electron chi connectivity index (χ1n) is 7.37. The van der Waals surface area contributed by atoms with Gasteiger partial charge in [-0.1, -0.05) is 11.8 Å². The topological polar surface area (TPSA) is 47.7 Å². The van der Waals surface area contributed by atoms with Crippen LogP contribution in [0.4, 0.5) is 0 Å². The summed E-state index contributed by atoms with van der Waals surface area (Å²) in [6.07, 6.45) is 2.65. The number of benzene rings is 1. The predicted molar refractivity (Wildman–Crippen MR) is 84.2 cm³/mol. The van der Waals surface area contributed by atoms with Gasteiger partial charge >= 0.3 is 0 Å². The second-order valence-corrected chi connectivity index (χ2v) is 5.26. The van der Waals surface area contributed by atoms with Gasteiger partial charge in [-0.15, -0.1) is 0 Å². The molecule has 21 heavy (non-hydrogen) atoms. The van der Waals surface area contributed by atoms with E-state index < -0.39 is 0 Å². The average molecular weight is 288 g/mol. The summed E-state index contributed by atoms with van der Waals surface area (Å²) in [5.41, 5.74) is 7.69. The summed E-state index contributed by atoms with van der Waals surface area (Å²) >= 11 is 0. The monoisotopic (exact) mass is 288 g/mol. The first kappa shape index (κ1) is 15.8. The molecule has 1 heterocycles. The smallest absolute Gasteiger partial charge is 0.119 e. The third-order valence-electron chi connectivity index (χ3n) is 3.83. The molecular weight excluding hydrogens is 264 g/mol. The minimum atomic E-state index is 0.336. The van der Waals surface area contributed by atoms with Gasteiger partial charge in [0.25, 0.3) is 0 Å². The molecule has 1 aromatic rings. The Kier molecular flexibility index (Phi) is 6.06. The van der Waals surface area contributed by atoms with Crippen LogP contribution in [0.5, 0.6) is 5.75 Å². The molecule has 1 fully saturated rings. The fraction of sp³-hybridized carbons (Fsp3) is 0.529. The third kappa shape index (κ3) is 4.47. The highest BCUT2D eigenvalue weighted by Gasteiger charge is 2.20. The number of ether oxygens (including phenoxy) is 2. The molecule has 1 aliphatic heterocycles. The summed E-state index contributed by atoms with van der Waals surface area (Å²) in [7, 11) is 3.48. The van der Waals surface area contributed by atoms with Crippen molar-refractivity contribution in [3.63, 3.8) is 0 Å². The third-order valence-corrected chi connectivity index (χ3v) is 3.83. The van der Waals surface area contributed by atoms with Gasteiger partial charge in [0.1, 0.15) is 5.75 Å². The van der Waals surface area contributed by atoms with E-state index in [1.807, 2.05) is 12.1 Å². The first-order valence-corrected chi connectivity index (χ1v) is 7.37. The van der Waals surface area contributed by atoms with Crippen molar-refractivity contribution in [3.05, 3.63) is 29.3 Å². The van der Waals surface area contributed by atoms with Gasteiger partial charge in [0.2, 0.25) is 0 Å². The van der Waals surface area contributed by atoms with E-state index in [0.29, 0.717) is 12.6 Å². The molecule has 2 rings (SSSR count). The van der Waals surface area contributed by atoms with Crippen LogP contribution in [0.1, 0.15) is 24.0 Å². The number of rotatable bonds is 4. The molecule has 0 aliphatic carbocycles. The number of piperidine rings is 1. The predicted octanol–water partition coefficient (Wildman–Crippen LogP) is 1.62. The zero-order chi connectivity index (χ0) is 15.1. The maximum Gasteiger partial charge on any atom is 0.119 e. The minimum absolute atomic E-state index is 0.336. The van der Waals surface area contributed by atoms with Gasteiger partial charge in [0.15, 0.2) is 0 Å². The molecule has 114 valence electrons. The quantitative estimate of drug-likeness (QED) is 0.855. The lowest BCUT2D eigenvalue weighted by Gasteiger charge is -2.32. The summed E-state index contributed by atoms with van der Waals surface area (Å²) in [6, 6.07) is 6.02. The molecule has 0 radical (unpaired) electrons. The molecule has 0 amide bonds. The van der Waals surface area contributed by atoms with Crippen LogP contribution >= 0.6 is 0 Å². The van der Waals surface area contributed by atoms with Crippen LogP contribution in [0, 0.1) is 11.8 Å². The van der Waals surface area contributed by atoms with Gasteiger partial charge in [-0.25, -0.2) is 0 Å². The van der Waals surface area contributed by atoms with Crippen molar-refractivity contribution in [1.29, 1.82) is 0 Å². The summed E-state index contributed by atoms with van der Waals surface area (Å²) in [5.74, 6) is 6.95. The SMILES string of the molecule is COc1ccc(C#CCN)c(CN2CCCC(OC)C2)c1. The number of methoxy groups -OCH3 is 2. The van der Waals surface area contributed by atoms with Gasteiger partial charge < -0.3 is 15.2 Å². The number of hydrogen-bond donors (Lipinski definition) is 1. The number of likely N-dealkylation sites (tertiary alicyclic amines) is 1. The lowest BCUT2D eigenvalue weighted by atomic mass is 10.0. The van der Waals surface area contributed by atoms with Gasteiger partial charge in [-0.3, -0.25) is 4.90 Å². The lowest BCUT2D eigenvalue weighted by molar-refractivity contribution is 0.0285. The molecule has 4 heteroatoms. The maximum absolute atomic E-state index is 5.49. The highest BCUT2D eigenvalue weighted by Crippen LogP contribution is 2.21. The van der Waals surface area contributed by atoms with Crippen molar-refractivity contribution in [2.24, 2.45) is 5.73 Å². The van der Waals surface area contributed by atoms with Gasteiger partial charge in [-0.05, 0) is 43.1 Å². The molecule has 1 saturated heterocycles. The summed E-state index contributed by atoms with van der Waals surface area (Å²) in [6.45, 7) is 3.31. The van der Waals surface area contributed by atoms with Crippen molar-refractivity contribution in [2.75, 3.05) is 33.9 Å². The van der Waals surface area contributed by atoms with Crippen LogP contribution < -0.4 is 10.5 Å². The average Bonchev–Trinajstić information content (AvgIpc) is 2.53. The Hall–Kier alpha value is -1.54. The van der Waals surface area contributed by atoms with E-state index in [2.05, 4.69) is 22.8 Å². The van der Waals surface area contributed by atoms with E-state index in [1.165, 1.54) is 12.0 Å². The summed E-state index contributed by atoms with van der Waals surface area (Å²) in [4.78, 5) is 2.42. The second-order valence-electron chi connectivity index (χ2n) is 5.26. The molecule has 0 saturated carbocycles. The largest absolute Gasteiger partial charge is 0.497 e. The maximum atomic E-state index is 5.49. The number of hydrogen-bond acceptors (Lipinski definition) is 4. The van der Waals surface area contributed by atoms with Crippen LogP contribution in [-0.4, -0.2) is 44.9 Å². The van der Waals surface area contributed by atoms with E-state index in [-0.39, 0.29) is 0 Å². The van der Waals surface area contributed by atoms with E-state index >= 15 is 0 Å². The standard InChI is InChI=1S/C17H24N2O2/c1-20-16-8-7-14(5-3-9-18)15(11-16)12-19-10-4-6-17(13-19)21-2/h7-8,11,17H,4,6,9-10,12-13,18H2,1-2H3. The normalized spacial score (nSPS) is 18.9. The molecule has 4 nitrogen and oxygen atoms in total. The molecule has 1 unspecified atom stereocenters.